The molecule has 0 spiro atoms. The number of Topliss-reactive ketones (excluding diaryl/α,β-unsaturated/α-hetero) is 1. The number of halogens is 2. The summed E-state index contributed by atoms with van der Waals surface area (Å²) in [6.07, 6.45) is 1.43. The van der Waals surface area contributed by atoms with Crippen molar-refractivity contribution in [3.8, 4) is 0 Å². The maximum Gasteiger partial charge on any atom is 0.287 e. The molecule has 0 saturated heterocycles. The summed E-state index contributed by atoms with van der Waals surface area (Å²) >= 11 is 0. The van der Waals surface area contributed by atoms with E-state index in [1.807, 2.05) is 0 Å². The number of hydrogen-bond acceptors (Lipinski definition) is 2. The lowest BCUT2D eigenvalue weighted by Gasteiger charge is -2.16. The molecule has 1 amide bonds. The van der Waals surface area contributed by atoms with E-state index in [1.54, 1.807) is 0 Å². The van der Waals surface area contributed by atoms with Crippen molar-refractivity contribution in [3.05, 3.63) is 35.4 Å². The van der Waals surface area contributed by atoms with E-state index < -0.39 is 28.7 Å². The highest BCUT2D eigenvalue weighted by Gasteiger charge is 2.46. The lowest BCUT2D eigenvalue weighted by Crippen LogP contribution is -2.36. The zero-order valence-corrected chi connectivity index (χ0v) is 9.93. The predicted molar refractivity (Wildman–Crippen MR) is 61.0 cm³/mol. The second-order valence-corrected chi connectivity index (χ2v) is 4.64. The Morgan fingerprint density at radius 3 is 2.50 bits per heavy atom. The molecular formula is C13H13F2NO2. The minimum Gasteiger partial charge on any atom is -0.349 e. The van der Waals surface area contributed by atoms with Crippen LogP contribution in [0.5, 0.6) is 0 Å². The van der Waals surface area contributed by atoms with Gasteiger partial charge in [0.05, 0.1) is 0 Å². The van der Waals surface area contributed by atoms with E-state index >= 15 is 0 Å². The third-order valence-electron chi connectivity index (χ3n) is 3.26. The van der Waals surface area contributed by atoms with Gasteiger partial charge in [-0.05, 0) is 24.5 Å². The highest BCUT2D eigenvalue weighted by molar-refractivity contribution is 6.35. The Morgan fingerprint density at radius 2 is 2.00 bits per heavy atom. The molecule has 1 aromatic carbocycles. The Kier molecular flexibility index (Phi) is 3.15. The van der Waals surface area contributed by atoms with Crippen molar-refractivity contribution >= 4 is 11.7 Å². The van der Waals surface area contributed by atoms with Crippen molar-refractivity contribution in [2.75, 3.05) is 6.54 Å². The number of amides is 1. The normalized spacial score (nSPS) is 16.2. The van der Waals surface area contributed by atoms with Crippen LogP contribution >= 0.6 is 0 Å². The number of rotatable bonds is 4. The summed E-state index contributed by atoms with van der Waals surface area (Å²) in [6, 6.07) is 3.44. The third kappa shape index (κ3) is 2.39. The number of carbonyl (C=O) groups excluding carboxylic acids is 2. The van der Waals surface area contributed by atoms with Gasteiger partial charge in [0.25, 0.3) is 5.91 Å². The lowest BCUT2D eigenvalue weighted by molar-refractivity contribution is -0.136. The molecule has 5 heteroatoms. The summed E-state index contributed by atoms with van der Waals surface area (Å²) < 4.78 is 26.5. The SMILES string of the molecule is CC(=O)C(=O)NCC1(c2ccc(F)cc2F)CC1. The van der Waals surface area contributed by atoms with E-state index in [2.05, 4.69) is 5.32 Å². The van der Waals surface area contributed by atoms with Gasteiger partial charge >= 0.3 is 0 Å². The molecule has 0 aromatic heterocycles. The second kappa shape index (κ2) is 4.48. The second-order valence-electron chi connectivity index (χ2n) is 4.64. The Bertz CT molecular complexity index is 510. The van der Waals surface area contributed by atoms with Crippen LogP contribution in [-0.2, 0) is 15.0 Å². The van der Waals surface area contributed by atoms with E-state index in [-0.39, 0.29) is 6.54 Å². The number of hydrogen-bond donors (Lipinski definition) is 1. The van der Waals surface area contributed by atoms with Crippen molar-refractivity contribution in [2.45, 2.75) is 25.2 Å². The molecule has 0 radical (unpaired) electrons. The van der Waals surface area contributed by atoms with E-state index in [0.29, 0.717) is 18.4 Å². The molecule has 0 aliphatic heterocycles. The fourth-order valence-electron chi connectivity index (χ4n) is 1.99. The van der Waals surface area contributed by atoms with Crippen molar-refractivity contribution in [1.82, 2.24) is 5.32 Å². The van der Waals surface area contributed by atoms with Crippen molar-refractivity contribution < 1.29 is 18.4 Å². The van der Waals surface area contributed by atoms with Gasteiger partial charge in [0.2, 0.25) is 5.78 Å². The van der Waals surface area contributed by atoms with E-state index in [1.165, 1.54) is 19.1 Å². The van der Waals surface area contributed by atoms with Gasteiger partial charge in [-0.2, -0.15) is 0 Å². The average Bonchev–Trinajstić information content (AvgIpc) is 3.06. The van der Waals surface area contributed by atoms with Crippen molar-refractivity contribution in [3.63, 3.8) is 0 Å². The first kappa shape index (κ1) is 12.7. The van der Waals surface area contributed by atoms with Gasteiger partial charge < -0.3 is 5.32 Å². The molecule has 1 N–H and O–H groups in total. The van der Waals surface area contributed by atoms with Gasteiger partial charge in [0.1, 0.15) is 11.6 Å². The summed E-state index contributed by atoms with van der Waals surface area (Å²) in [5, 5.41) is 2.48. The van der Waals surface area contributed by atoms with Crippen molar-refractivity contribution in [1.29, 1.82) is 0 Å². The fourth-order valence-corrected chi connectivity index (χ4v) is 1.99. The first-order valence-electron chi connectivity index (χ1n) is 5.69. The predicted octanol–water partition coefficient (Wildman–Crippen LogP) is 1.70. The van der Waals surface area contributed by atoms with Crippen LogP contribution in [-0.4, -0.2) is 18.2 Å². The van der Waals surface area contributed by atoms with Gasteiger partial charge in [-0.1, -0.05) is 6.07 Å². The molecule has 0 atom stereocenters. The molecule has 0 unspecified atom stereocenters. The van der Waals surface area contributed by atoms with Crippen LogP contribution in [0.3, 0.4) is 0 Å². The first-order chi connectivity index (χ1) is 8.44. The maximum atomic E-state index is 13.6. The number of carbonyl (C=O) groups is 2. The van der Waals surface area contributed by atoms with E-state index in [4.69, 9.17) is 0 Å². The standard InChI is InChI=1S/C13H13F2NO2/c1-8(17)12(18)16-7-13(4-5-13)10-3-2-9(14)6-11(10)15/h2-3,6H,4-5,7H2,1H3,(H,16,18). The first-order valence-corrected chi connectivity index (χ1v) is 5.69. The van der Waals surface area contributed by atoms with Crippen molar-refractivity contribution in [2.24, 2.45) is 0 Å². The Hall–Kier alpha value is -1.78. The molecule has 3 nitrogen and oxygen atoms in total. The summed E-state index contributed by atoms with van der Waals surface area (Å²) in [7, 11) is 0. The van der Waals surface area contributed by atoms with Gasteiger partial charge in [0.15, 0.2) is 0 Å². The molecular weight excluding hydrogens is 240 g/mol. The monoisotopic (exact) mass is 253 g/mol. The zero-order valence-electron chi connectivity index (χ0n) is 9.93. The molecule has 2 rings (SSSR count). The van der Waals surface area contributed by atoms with Crippen LogP contribution in [0, 0.1) is 11.6 Å². The summed E-state index contributed by atoms with van der Waals surface area (Å²) in [6.45, 7) is 1.38. The quantitative estimate of drug-likeness (QED) is 0.830. The highest BCUT2D eigenvalue weighted by atomic mass is 19.1. The summed E-state index contributed by atoms with van der Waals surface area (Å²) in [5.41, 5.74) is -0.0872. The van der Waals surface area contributed by atoms with Gasteiger partial charge in [-0.25, -0.2) is 8.78 Å². The molecule has 18 heavy (non-hydrogen) atoms. The molecule has 0 bridgehead atoms. The van der Waals surface area contributed by atoms with E-state index in [9.17, 15) is 18.4 Å². The van der Waals surface area contributed by atoms with Crippen LogP contribution in [0.4, 0.5) is 8.78 Å². The van der Waals surface area contributed by atoms with Crippen LogP contribution in [0.15, 0.2) is 18.2 Å². The lowest BCUT2D eigenvalue weighted by atomic mass is 9.95. The van der Waals surface area contributed by atoms with Crippen LogP contribution in [0.25, 0.3) is 0 Å². The molecule has 1 aliphatic rings. The molecule has 0 heterocycles. The minimum atomic E-state index is -0.677. The molecule has 1 aromatic rings. The Labute approximate surface area is 103 Å². The van der Waals surface area contributed by atoms with Crippen LogP contribution in [0.1, 0.15) is 25.3 Å². The minimum absolute atomic E-state index is 0.202. The maximum absolute atomic E-state index is 13.6. The summed E-state index contributed by atoms with van der Waals surface area (Å²) in [5.74, 6) is -2.49. The molecule has 96 valence electrons. The topological polar surface area (TPSA) is 46.2 Å². The summed E-state index contributed by atoms with van der Waals surface area (Å²) in [4.78, 5) is 22.0. The largest absolute Gasteiger partial charge is 0.349 e. The van der Waals surface area contributed by atoms with Crippen LogP contribution < -0.4 is 5.32 Å². The number of nitrogens with one attached hydrogen (secondary N) is 1. The van der Waals surface area contributed by atoms with E-state index in [0.717, 1.165) is 6.07 Å². The smallest absolute Gasteiger partial charge is 0.287 e. The van der Waals surface area contributed by atoms with Gasteiger partial charge in [-0.3, -0.25) is 9.59 Å². The fraction of sp³-hybridized carbons (Fsp3) is 0.385. The Morgan fingerprint density at radius 1 is 1.33 bits per heavy atom. The Balaban J connectivity index is 2.12. The van der Waals surface area contributed by atoms with Gasteiger partial charge in [0, 0.05) is 24.9 Å². The average molecular weight is 253 g/mol. The van der Waals surface area contributed by atoms with Crippen LogP contribution in [0.2, 0.25) is 0 Å². The third-order valence-corrected chi connectivity index (χ3v) is 3.26. The number of benzene rings is 1. The highest BCUT2D eigenvalue weighted by Crippen LogP contribution is 2.48. The number of ketones is 1. The molecule has 1 fully saturated rings. The van der Waals surface area contributed by atoms with Gasteiger partial charge in [-0.15, -0.1) is 0 Å². The molecule has 1 aliphatic carbocycles. The zero-order chi connectivity index (χ0) is 13.3. The molecule has 1 saturated carbocycles.